The zero-order chi connectivity index (χ0) is 15.7. The van der Waals surface area contributed by atoms with Crippen molar-refractivity contribution in [3.8, 4) is 5.75 Å². The van der Waals surface area contributed by atoms with Crippen molar-refractivity contribution < 1.29 is 15.0 Å². The lowest BCUT2D eigenvalue weighted by Crippen LogP contribution is -2.12. The van der Waals surface area contributed by atoms with Crippen LogP contribution in [0.15, 0.2) is 60.7 Å². The monoisotopic (exact) mass is 312 g/mol. The lowest BCUT2D eigenvalue weighted by molar-refractivity contribution is 0.0743. The zero-order valence-corrected chi connectivity index (χ0v) is 12.3. The zero-order valence-electron chi connectivity index (χ0n) is 11.5. The lowest BCUT2D eigenvalue weighted by atomic mass is 9.96. The number of ketones is 1. The summed E-state index contributed by atoms with van der Waals surface area (Å²) >= 11 is 6.20. The molecule has 22 heavy (non-hydrogen) atoms. The third-order valence-corrected chi connectivity index (χ3v) is 3.91. The first-order chi connectivity index (χ1) is 10.6. The van der Waals surface area contributed by atoms with Gasteiger partial charge in [-0.1, -0.05) is 66.2 Å². The number of rotatable bonds is 3. The molecular formula is C18H13ClO3. The van der Waals surface area contributed by atoms with Crippen molar-refractivity contribution >= 4 is 28.2 Å². The molecule has 3 aromatic rings. The number of hydrogen-bond donors (Lipinski definition) is 2. The molecule has 0 saturated heterocycles. The quantitative estimate of drug-likeness (QED) is 0.715. The molecule has 0 saturated carbocycles. The van der Waals surface area contributed by atoms with Gasteiger partial charge in [-0.25, -0.2) is 0 Å². The van der Waals surface area contributed by atoms with Gasteiger partial charge >= 0.3 is 0 Å². The number of benzene rings is 3. The molecule has 0 aliphatic rings. The van der Waals surface area contributed by atoms with Crippen molar-refractivity contribution in [2.45, 2.75) is 6.10 Å². The van der Waals surface area contributed by atoms with Gasteiger partial charge in [0.15, 0.2) is 5.78 Å². The van der Waals surface area contributed by atoms with Gasteiger partial charge in [0.2, 0.25) is 0 Å². The molecule has 3 aromatic carbocycles. The minimum Gasteiger partial charge on any atom is -0.507 e. The van der Waals surface area contributed by atoms with Gasteiger partial charge in [-0.3, -0.25) is 4.79 Å². The molecule has 0 aliphatic heterocycles. The number of carbonyl (C=O) groups excluding carboxylic acids is 1. The number of aliphatic hydroxyl groups excluding tert-OH is 1. The highest BCUT2D eigenvalue weighted by Gasteiger charge is 2.24. The van der Waals surface area contributed by atoms with Crippen LogP contribution in [0.5, 0.6) is 5.75 Å². The molecule has 0 amide bonds. The van der Waals surface area contributed by atoms with Crippen molar-refractivity contribution in [1.29, 1.82) is 0 Å². The third-order valence-electron chi connectivity index (χ3n) is 3.60. The summed E-state index contributed by atoms with van der Waals surface area (Å²) in [5, 5.41) is 22.3. The van der Waals surface area contributed by atoms with E-state index in [0.29, 0.717) is 21.4 Å². The van der Waals surface area contributed by atoms with Crippen molar-refractivity contribution in [3.05, 3.63) is 76.8 Å². The summed E-state index contributed by atoms with van der Waals surface area (Å²) in [7, 11) is 0. The fraction of sp³-hybridized carbons (Fsp3) is 0.0556. The van der Waals surface area contributed by atoms with Crippen LogP contribution in [0.25, 0.3) is 10.8 Å². The second kappa shape index (κ2) is 5.79. The van der Waals surface area contributed by atoms with E-state index >= 15 is 0 Å². The topological polar surface area (TPSA) is 57.5 Å². The third kappa shape index (κ3) is 2.45. The summed E-state index contributed by atoms with van der Waals surface area (Å²) in [6.07, 6.45) is -1.47. The van der Waals surface area contributed by atoms with Crippen LogP contribution in [-0.2, 0) is 0 Å². The molecule has 0 spiro atoms. The van der Waals surface area contributed by atoms with Gasteiger partial charge in [0.25, 0.3) is 0 Å². The molecule has 3 nitrogen and oxygen atoms in total. The molecular weight excluding hydrogens is 300 g/mol. The summed E-state index contributed by atoms with van der Waals surface area (Å²) in [5.74, 6) is -0.612. The Bertz CT molecular complexity index is 844. The van der Waals surface area contributed by atoms with E-state index in [4.69, 9.17) is 11.6 Å². The fourth-order valence-corrected chi connectivity index (χ4v) is 2.73. The van der Waals surface area contributed by atoms with Gasteiger partial charge in [0.1, 0.15) is 11.9 Å². The van der Waals surface area contributed by atoms with Gasteiger partial charge in [0, 0.05) is 26.9 Å². The van der Waals surface area contributed by atoms with Crippen LogP contribution in [-0.4, -0.2) is 16.0 Å². The number of Topliss-reactive ketones (excluding diaryl/α,β-unsaturated/α-hetero) is 1. The van der Waals surface area contributed by atoms with E-state index in [2.05, 4.69) is 0 Å². The van der Waals surface area contributed by atoms with Crippen LogP contribution in [0, 0.1) is 0 Å². The molecule has 0 aromatic heterocycles. The Morgan fingerprint density at radius 2 is 1.55 bits per heavy atom. The molecule has 1 atom stereocenters. The molecule has 2 N–H and O–H groups in total. The highest BCUT2D eigenvalue weighted by Crippen LogP contribution is 2.38. The van der Waals surface area contributed by atoms with Crippen molar-refractivity contribution in [2.24, 2.45) is 0 Å². The van der Waals surface area contributed by atoms with Crippen LogP contribution in [0.2, 0.25) is 5.02 Å². The molecule has 0 radical (unpaired) electrons. The average molecular weight is 313 g/mol. The van der Waals surface area contributed by atoms with E-state index in [1.165, 1.54) is 6.07 Å². The van der Waals surface area contributed by atoms with E-state index in [9.17, 15) is 15.0 Å². The van der Waals surface area contributed by atoms with Crippen molar-refractivity contribution in [2.75, 3.05) is 0 Å². The largest absolute Gasteiger partial charge is 0.507 e. The molecule has 0 heterocycles. The van der Waals surface area contributed by atoms with E-state index in [0.717, 1.165) is 0 Å². The van der Waals surface area contributed by atoms with Gasteiger partial charge < -0.3 is 10.2 Å². The Labute approximate surface area is 132 Å². The summed E-state index contributed by atoms with van der Waals surface area (Å²) in [5.41, 5.74) is 0.483. The molecule has 0 bridgehead atoms. The Balaban J connectivity index is 2.10. The second-order valence-electron chi connectivity index (χ2n) is 4.97. The Morgan fingerprint density at radius 3 is 2.23 bits per heavy atom. The molecule has 110 valence electrons. The van der Waals surface area contributed by atoms with Crippen molar-refractivity contribution in [3.63, 3.8) is 0 Å². The van der Waals surface area contributed by atoms with E-state index in [1.807, 2.05) is 0 Å². The molecule has 0 aliphatic carbocycles. The number of phenols is 1. The minimum absolute atomic E-state index is 0.109. The Kier molecular flexibility index (Phi) is 3.84. The number of hydrogen-bond acceptors (Lipinski definition) is 3. The SMILES string of the molecule is O=C(c1ccccc1)[C@@H](O)c1cc(Cl)c2ccccc2c1O. The molecule has 0 unspecified atom stereocenters. The van der Waals surface area contributed by atoms with E-state index < -0.39 is 11.9 Å². The Hall–Kier alpha value is -2.36. The number of carbonyl (C=O) groups is 1. The van der Waals surface area contributed by atoms with Gasteiger partial charge in [-0.15, -0.1) is 0 Å². The van der Waals surface area contributed by atoms with Gasteiger partial charge in [-0.05, 0) is 6.07 Å². The van der Waals surface area contributed by atoms with Gasteiger partial charge in [-0.2, -0.15) is 0 Å². The highest BCUT2D eigenvalue weighted by atomic mass is 35.5. The maximum absolute atomic E-state index is 12.3. The average Bonchev–Trinajstić information content (AvgIpc) is 2.57. The predicted molar refractivity (Wildman–Crippen MR) is 86.4 cm³/mol. The standard InChI is InChI=1S/C18H13ClO3/c19-15-10-14(17(21)13-9-5-4-8-12(13)15)18(22)16(20)11-6-2-1-3-7-11/h1-10,18,21-22H/t18-/m0/s1. The predicted octanol–water partition coefficient (Wildman–Crippen LogP) is 4.12. The maximum Gasteiger partial charge on any atom is 0.195 e. The lowest BCUT2D eigenvalue weighted by Gasteiger charge is -2.14. The summed E-state index contributed by atoms with van der Waals surface area (Å²) < 4.78 is 0. The smallest absolute Gasteiger partial charge is 0.195 e. The Morgan fingerprint density at radius 1 is 0.955 bits per heavy atom. The van der Waals surface area contributed by atoms with E-state index in [1.54, 1.807) is 54.6 Å². The van der Waals surface area contributed by atoms with Crippen LogP contribution in [0.4, 0.5) is 0 Å². The minimum atomic E-state index is -1.47. The van der Waals surface area contributed by atoms with Crippen molar-refractivity contribution in [1.82, 2.24) is 0 Å². The highest BCUT2D eigenvalue weighted by molar-refractivity contribution is 6.36. The first kappa shape index (κ1) is 14.6. The van der Waals surface area contributed by atoms with Crippen LogP contribution >= 0.6 is 11.6 Å². The van der Waals surface area contributed by atoms with Crippen LogP contribution < -0.4 is 0 Å². The number of halogens is 1. The number of aromatic hydroxyl groups is 1. The summed E-state index contributed by atoms with van der Waals surface area (Å²) in [4.78, 5) is 12.3. The number of phenolic OH excluding ortho intramolecular Hbond substituents is 1. The van der Waals surface area contributed by atoms with Crippen LogP contribution in [0.3, 0.4) is 0 Å². The molecule has 0 fully saturated rings. The molecule has 3 rings (SSSR count). The summed E-state index contributed by atoms with van der Waals surface area (Å²) in [6, 6.07) is 16.9. The first-order valence-corrected chi connectivity index (χ1v) is 7.15. The molecule has 4 heteroatoms. The normalized spacial score (nSPS) is 12.3. The number of fused-ring (bicyclic) bond motifs is 1. The fourth-order valence-electron chi connectivity index (χ4n) is 2.45. The second-order valence-corrected chi connectivity index (χ2v) is 5.38. The van der Waals surface area contributed by atoms with Crippen LogP contribution in [0.1, 0.15) is 22.0 Å². The van der Waals surface area contributed by atoms with Gasteiger partial charge in [0.05, 0.1) is 0 Å². The van der Waals surface area contributed by atoms with E-state index in [-0.39, 0.29) is 11.3 Å². The summed E-state index contributed by atoms with van der Waals surface area (Å²) in [6.45, 7) is 0. The first-order valence-electron chi connectivity index (χ1n) is 6.77. The number of aliphatic hydroxyl groups is 1. The maximum atomic E-state index is 12.3.